The zero-order valence-electron chi connectivity index (χ0n) is 10.9. The minimum Gasteiger partial charge on any atom is -0.497 e. The summed E-state index contributed by atoms with van der Waals surface area (Å²) in [7, 11) is 1.69. The molecule has 0 radical (unpaired) electrons. The first-order valence-electron chi connectivity index (χ1n) is 6.47. The second kappa shape index (κ2) is 7.67. The number of hydrogen-bond acceptors (Lipinski definition) is 4. The number of methoxy groups -OCH3 is 1. The van der Waals surface area contributed by atoms with Gasteiger partial charge in [-0.05, 0) is 37.1 Å². The van der Waals surface area contributed by atoms with E-state index in [1.807, 2.05) is 23.9 Å². The molecule has 1 aromatic rings. The maximum absolute atomic E-state index is 5.56. The van der Waals surface area contributed by atoms with Crippen molar-refractivity contribution in [1.29, 1.82) is 0 Å². The lowest BCUT2D eigenvalue weighted by molar-refractivity contribution is 0.110. The van der Waals surface area contributed by atoms with Crippen LogP contribution in [0.3, 0.4) is 0 Å². The molecule has 1 heterocycles. The van der Waals surface area contributed by atoms with Gasteiger partial charge in [0.1, 0.15) is 5.75 Å². The third-order valence-corrected chi connectivity index (χ3v) is 4.02. The van der Waals surface area contributed by atoms with Gasteiger partial charge in [-0.2, -0.15) is 0 Å². The normalized spacial score (nSPS) is 19.1. The fourth-order valence-electron chi connectivity index (χ4n) is 1.98. The van der Waals surface area contributed by atoms with Crippen molar-refractivity contribution in [3.8, 4) is 5.75 Å². The van der Waals surface area contributed by atoms with Crippen molar-refractivity contribution in [2.75, 3.05) is 32.6 Å². The van der Waals surface area contributed by atoms with E-state index in [-0.39, 0.29) is 0 Å². The minimum atomic E-state index is 0.441. The molecular formula is C14H21NO2S. The fraction of sp³-hybridized carbons (Fsp3) is 0.571. The van der Waals surface area contributed by atoms with Gasteiger partial charge in [0.2, 0.25) is 0 Å². The Balaban J connectivity index is 1.56. The third-order valence-electron chi connectivity index (χ3n) is 3.00. The molecule has 0 bridgehead atoms. The van der Waals surface area contributed by atoms with Gasteiger partial charge in [-0.25, -0.2) is 0 Å². The number of rotatable bonds is 7. The topological polar surface area (TPSA) is 30.5 Å². The zero-order valence-corrected chi connectivity index (χ0v) is 11.7. The average Bonchev–Trinajstić information content (AvgIpc) is 2.92. The summed E-state index contributed by atoms with van der Waals surface area (Å²) in [4.78, 5) is 1.29. The van der Waals surface area contributed by atoms with Crippen molar-refractivity contribution in [1.82, 2.24) is 5.32 Å². The Hall–Kier alpha value is -0.710. The van der Waals surface area contributed by atoms with Gasteiger partial charge in [-0.15, -0.1) is 11.8 Å². The predicted molar refractivity (Wildman–Crippen MR) is 75.6 cm³/mol. The molecule has 1 aliphatic heterocycles. The molecule has 1 atom stereocenters. The van der Waals surface area contributed by atoms with Crippen molar-refractivity contribution in [3.63, 3.8) is 0 Å². The van der Waals surface area contributed by atoms with Gasteiger partial charge in [0.25, 0.3) is 0 Å². The van der Waals surface area contributed by atoms with E-state index in [9.17, 15) is 0 Å². The number of nitrogens with one attached hydrogen (secondary N) is 1. The zero-order chi connectivity index (χ0) is 12.6. The lowest BCUT2D eigenvalue weighted by Crippen LogP contribution is -2.27. The monoisotopic (exact) mass is 267 g/mol. The van der Waals surface area contributed by atoms with Crippen LogP contribution in [0, 0.1) is 0 Å². The number of thioether (sulfide) groups is 1. The number of benzene rings is 1. The first-order chi connectivity index (χ1) is 8.88. The van der Waals surface area contributed by atoms with Crippen molar-refractivity contribution < 1.29 is 9.47 Å². The molecule has 0 amide bonds. The summed E-state index contributed by atoms with van der Waals surface area (Å²) in [5.41, 5.74) is 0. The lowest BCUT2D eigenvalue weighted by atomic mass is 10.2. The van der Waals surface area contributed by atoms with Gasteiger partial charge in [0.05, 0.1) is 13.2 Å². The van der Waals surface area contributed by atoms with E-state index >= 15 is 0 Å². The summed E-state index contributed by atoms with van der Waals surface area (Å²) >= 11 is 1.86. The van der Waals surface area contributed by atoms with Crippen LogP contribution >= 0.6 is 11.8 Å². The Morgan fingerprint density at radius 2 is 2.22 bits per heavy atom. The van der Waals surface area contributed by atoms with Crippen LogP contribution in [-0.4, -0.2) is 38.7 Å². The summed E-state index contributed by atoms with van der Waals surface area (Å²) < 4.78 is 10.7. The second-order valence-electron chi connectivity index (χ2n) is 4.36. The maximum atomic E-state index is 5.56. The molecule has 1 aromatic carbocycles. The highest BCUT2D eigenvalue weighted by atomic mass is 32.2. The van der Waals surface area contributed by atoms with E-state index in [4.69, 9.17) is 9.47 Å². The van der Waals surface area contributed by atoms with Crippen LogP contribution in [0.2, 0.25) is 0 Å². The summed E-state index contributed by atoms with van der Waals surface area (Å²) in [6, 6.07) is 8.21. The molecule has 4 heteroatoms. The molecule has 2 rings (SSSR count). The Morgan fingerprint density at radius 3 is 2.89 bits per heavy atom. The van der Waals surface area contributed by atoms with E-state index in [0.29, 0.717) is 6.10 Å². The Kier molecular flexibility index (Phi) is 5.84. The van der Waals surface area contributed by atoms with Crippen LogP contribution in [0.25, 0.3) is 0 Å². The molecule has 1 N–H and O–H groups in total. The smallest absolute Gasteiger partial charge is 0.118 e. The highest BCUT2D eigenvalue weighted by molar-refractivity contribution is 7.99. The summed E-state index contributed by atoms with van der Waals surface area (Å²) in [6.07, 6.45) is 2.86. The maximum Gasteiger partial charge on any atom is 0.118 e. The second-order valence-corrected chi connectivity index (χ2v) is 5.53. The average molecular weight is 267 g/mol. The molecule has 0 spiro atoms. The minimum absolute atomic E-state index is 0.441. The number of ether oxygens (including phenoxy) is 2. The van der Waals surface area contributed by atoms with E-state index < -0.39 is 0 Å². The van der Waals surface area contributed by atoms with E-state index in [1.165, 1.54) is 17.7 Å². The molecule has 0 aromatic heterocycles. The largest absolute Gasteiger partial charge is 0.497 e. The summed E-state index contributed by atoms with van der Waals surface area (Å²) in [5.74, 6) is 2.00. The Morgan fingerprint density at radius 1 is 1.39 bits per heavy atom. The van der Waals surface area contributed by atoms with Crippen molar-refractivity contribution in [2.24, 2.45) is 0 Å². The van der Waals surface area contributed by atoms with Gasteiger partial charge in [-0.1, -0.05) is 0 Å². The molecule has 1 unspecified atom stereocenters. The van der Waals surface area contributed by atoms with Gasteiger partial charge in [0, 0.05) is 30.3 Å². The number of hydrogen-bond donors (Lipinski definition) is 1. The predicted octanol–water partition coefficient (Wildman–Crippen LogP) is 2.56. The van der Waals surface area contributed by atoms with Crippen molar-refractivity contribution in [2.45, 2.75) is 23.8 Å². The SMILES string of the molecule is COc1ccc(SCCNCC2CCCO2)cc1. The van der Waals surface area contributed by atoms with Crippen LogP contribution in [-0.2, 0) is 4.74 Å². The molecule has 18 heavy (non-hydrogen) atoms. The van der Waals surface area contributed by atoms with E-state index in [0.717, 1.165) is 31.2 Å². The van der Waals surface area contributed by atoms with Crippen molar-refractivity contribution in [3.05, 3.63) is 24.3 Å². The molecule has 0 aliphatic carbocycles. The molecular weight excluding hydrogens is 246 g/mol. The first-order valence-corrected chi connectivity index (χ1v) is 7.46. The van der Waals surface area contributed by atoms with Gasteiger partial charge in [0.15, 0.2) is 0 Å². The van der Waals surface area contributed by atoms with E-state index in [1.54, 1.807) is 7.11 Å². The lowest BCUT2D eigenvalue weighted by Gasteiger charge is -2.10. The third kappa shape index (κ3) is 4.52. The molecule has 1 fully saturated rings. The Bertz CT molecular complexity index is 336. The molecule has 3 nitrogen and oxygen atoms in total. The molecule has 1 saturated heterocycles. The van der Waals surface area contributed by atoms with Gasteiger partial charge >= 0.3 is 0 Å². The standard InChI is InChI=1S/C14H21NO2S/c1-16-12-4-6-14(7-5-12)18-10-8-15-11-13-3-2-9-17-13/h4-7,13,15H,2-3,8-11H2,1H3. The molecule has 100 valence electrons. The first kappa shape index (κ1) is 13.7. The van der Waals surface area contributed by atoms with Crippen LogP contribution in [0.4, 0.5) is 0 Å². The Labute approximate surface area is 113 Å². The van der Waals surface area contributed by atoms with Crippen molar-refractivity contribution >= 4 is 11.8 Å². The van der Waals surface area contributed by atoms with Crippen LogP contribution in [0.1, 0.15) is 12.8 Å². The van der Waals surface area contributed by atoms with Gasteiger partial charge < -0.3 is 14.8 Å². The quantitative estimate of drug-likeness (QED) is 0.607. The molecule has 1 aliphatic rings. The molecule has 0 saturated carbocycles. The highest BCUT2D eigenvalue weighted by Crippen LogP contribution is 2.20. The van der Waals surface area contributed by atoms with Crippen LogP contribution in [0.5, 0.6) is 5.75 Å². The summed E-state index contributed by atoms with van der Waals surface area (Å²) in [5, 5.41) is 3.45. The van der Waals surface area contributed by atoms with Crippen LogP contribution < -0.4 is 10.1 Å². The van der Waals surface area contributed by atoms with Crippen LogP contribution in [0.15, 0.2) is 29.2 Å². The van der Waals surface area contributed by atoms with Gasteiger partial charge in [-0.3, -0.25) is 0 Å². The van der Waals surface area contributed by atoms with E-state index in [2.05, 4.69) is 17.4 Å². The summed E-state index contributed by atoms with van der Waals surface area (Å²) in [6.45, 7) is 2.95. The fourth-order valence-corrected chi connectivity index (χ4v) is 2.79. The highest BCUT2D eigenvalue weighted by Gasteiger charge is 2.13.